The highest BCUT2D eigenvalue weighted by Crippen LogP contribution is 2.32. The van der Waals surface area contributed by atoms with Crippen LogP contribution in [0.15, 0.2) is 46.9 Å². The normalized spacial score (nSPS) is 17.3. The zero-order chi connectivity index (χ0) is 19.8. The van der Waals surface area contributed by atoms with Gasteiger partial charge < -0.3 is 10.2 Å². The van der Waals surface area contributed by atoms with Gasteiger partial charge in [0.2, 0.25) is 11.8 Å². The smallest absolute Gasteiger partial charge is 0.325 e. The van der Waals surface area contributed by atoms with E-state index in [1.807, 2.05) is 19.1 Å². The molecule has 1 N–H and O–H groups in total. The number of halogens is 4. The third kappa shape index (κ3) is 4.16. The van der Waals surface area contributed by atoms with E-state index in [9.17, 15) is 22.8 Å². The van der Waals surface area contributed by atoms with Gasteiger partial charge in [-0.25, -0.2) is 0 Å². The predicted molar refractivity (Wildman–Crippen MR) is 99.4 cm³/mol. The summed E-state index contributed by atoms with van der Waals surface area (Å²) in [5.74, 6) is -1.90. The van der Waals surface area contributed by atoms with E-state index in [1.165, 1.54) is 17.0 Å². The van der Waals surface area contributed by atoms with Gasteiger partial charge in [0.05, 0.1) is 5.56 Å². The predicted octanol–water partition coefficient (Wildman–Crippen LogP) is 4.77. The lowest BCUT2D eigenvalue weighted by Gasteiger charge is -2.19. The fourth-order valence-corrected chi connectivity index (χ4v) is 3.39. The third-order valence-electron chi connectivity index (χ3n) is 4.44. The lowest BCUT2D eigenvalue weighted by Crippen LogP contribution is -2.33. The first-order valence-electron chi connectivity index (χ1n) is 8.22. The van der Waals surface area contributed by atoms with Gasteiger partial charge in [-0.3, -0.25) is 9.59 Å². The van der Waals surface area contributed by atoms with E-state index in [2.05, 4.69) is 21.2 Å². The fraction of sp³-hybridized carbons (Fsp3) is 0.263. The van der Waals surface area contributed by atoms with Crippen molar-refractivity contribution >= 4 is 39.1 Å². The van der Waals surface area contributed by atoms with Crippen molar-refractivity contribution in [3.05, 3.63) is 58.1 Å². The monoisotopic (exact) mass is 440 g/mol. The molecule has 2 amide bonds. The molecule has 27 heavy (non-hydrogen) atoms. The Bertz CT molecular complexity index is 899. The van der Waals surface area contributed by atoms with Gasteiger partial charge in [-0.2, -0.15) is 13.2 Å². The van der Waals surface area contributed by atoms with Crippen LogP contribution in [-0.4, -0.2) is 18.4 Å². The number of carbonyl (C=O) groups is 2. The molecular formula is C19H16BrF3N2O2. The maximum atomic E-state index is 12.8. The molecule has 0 radical (unpaired) electrons. The highest BCUT2D eigenvalue weighted by molar-refractivity contribution is 9.10. The van der Waals surface area contributed by atoms with Crippen LogP contribution in [0.25, 0.3) is 0 Å². The molecule has 0 bridgehead atoms. The highest BCUT2D eigenvalue weighted by atomic mass is 79.9. The first kappa shape index (κ1) is 19.4. The average Bonchev–Trinajstić information content (AvgIpc) is 2.98. The molecule has 0 aromatic heterocycles. The van der Waals surface area contributed by atoms with E-state index in [-0.39, 0.29) is 11.6 Å². The molecule has 0 saturated carbocycles. The molecule has 1 aliphatic rings. The molecule has 142 valence electrons. The van der Waals surface area contributed by atoms with Crippen LogP contribution in [0, 0.1) is 12.8 Å². The molecule has 4 nitrogen and oxygen atoms in total. The minimum absolute atomic E-state index is 0.0136. The number of nitrogens with one attached hydrogen (secondary N) is 1. The molecule has 0 aliphatic carbocycles. The van der Waals surface area contributed by atoms with Crippen LogP contribution in [0.2, 0.25) is 0 Å². The van der Waals surface area contributed by atoms with Gasteiger partial charge in [0.25, 0.3) is 0 Å². The van der Waals surface area contributed by atoms with Crippen molar-refractivity contribution in [3.8, 4) is 0 Å². The van der Waals surface area contributed by atoms with E-state index in [4.69, 9.17) is 0 Å². The molecule has 3 rings (SSSR count). The molecule has 1 aliphatic heterocycles. The van der Waals surface area contributed by atoms with Gasteiger partial charge >= 0.3 is 6.18 Å². The summed E-state index contributed by atoms with van der Waals surface area (Å²) in [6.45, 7) is 2.24. The molecule has 8 heteroatoms. The summed E-state index contributed by atoms with van der Waals surface area (Å²) in [5, 5.41) is 2.43. The minimum Gasteiger partial charge on any atom is -0.325 e. The van der Waals surface area contributed by atoms with Crippen LogP contribution in [0.3, 0.4) is 0 Å². The molecule has 0 unspecified atom stereocenters. The summed E-state index contributed by atoms with van der Waals surface area (Å²) in [6.07, 6.45) is -4.20. The van der Waals surface area contributed by atoms with E-state index in [0.29, 0.717) is 18.7 Å². The van der Waals surface area contributed by atoms with Crippen molar-refractivity contribution in [1.82, 2.24) is 0 Å². The SMILES string of the molecule is Cc1ccc(Br)cc1N1CC[C@H](C(=O)Nc2cccc(C(F)(F)F)c2)C1=O. The number of rotatable bonds is 3. The number of anilines is 2. The minimum atomic E-state index is -4.50. The maximum absolute atomic E-state index is 12.8. The Morgan fingerprint density at radius 2 is 1.96 bits per heavy atom. The van der Waals surface area contributed by atoms with Gasteiger partial charge in [0, 0.05) is 22.4 Å². The number of nitrogens with zero attached hydrogens (tertiary/aromatic N) is 1. The number of carbonyl (C=O) groups excluding carboxylic acids is 2. The first-order chi connectivity index (χ1) is 12.7. The number of aryl methyl sites for hydroxylation is 1. The Morgan fingerprint density at radius 3 is 2.67 bits per heavy atom. The summed E-state index contributed by atoms with van der Waals surface area (Å²) in [4.78, 5) is 26.7. The van der Waals surface area contributed by atoms with Crippen molar-refractivity contribution in [2.24, 2.45) is 5.92 Å². The summed E-state index contributed by atoms with van der Waals surface area (Å²) in [5.41, 5.74) is 0.762. The van der Waals surface area contributed by atoms with Gasteiger partial charge in [-0.05, 0) is 49.2 Å². The Balaban J connectivity index is 1.75. The molecule has 2 aromatic carbocycles. The van der Waals surface area contributed by atoms with E-state index in [1.54, 1.807) is 6.07 Å². The van der Waals surface area contributed by atoms with Crippen LogP contribution in [0.5, 0.6) is 0 Å². The first-order valence-corrected chi connectivity index (χ1v) is 9.02. The summed E-state index contributed by atoms with van der Waals surface area (Å²) >= 11 is 3.37. The second-order valence-corrected chi connectivity index (χ2v) is 7.25. The van der Waals surface area contributed by atoms with Crippen LogP contribution in [0.1, 0.15) is 17.5 Å². The molecule has 1 heterocycles. The Labute approximate surface area is 162 Å². The summed E-state index contributed by atoms with van der Waals surface area (Å²) in [7, 11) is 0. The van der Waals surface area contributed by atoms with E-state index in [0.717, 1.165) is 22.2 Å². The van der Waals surface area contributed by atoms with Crippen LogP contribution < -0.4 is 10.2 Å². The second kappa shape index (κ2) is 7.34. The Morgan fingerprint density at radius 1 is 1.22 bits per heavy atom. The number of benzene rings is 2. The van der Waals surface area contributed by atoms with Crippen molar-refractivity contribution in [3.63, 3.8) is 0 Å². The van der Waals surface area contributed by atoms with Gasteiger partial charge in [0.1, 0.15) is 5.92 Å². The van der Waals surface area contributed by atoms with Crippen molar-refractivity contribution in [1.29, 1.82) is 0 Å². The molecule has 2 aromatic rings. The zero-order valence-corrected chi connectivity index (χ0v) is 15.9. The summed E-state index contributed by atoms with van der Waals surface area (Å²) < 4.78 is 39.2. The highest BCUT2D eigenvalue weighted by Gasteiger charge is 2.38. The Kier molecular flexibility index (Phi) is 5.28. The standard InChI is InChI=1S/C19H16BrF3N2O2/c1-11-5-6-13(20)10-16(11)25-8-7-15(18(25)27)17(26)24-14-4-2-3-12(9-14)19(21,22)23/h2-6,9-10,15H,7-8H2,1H3,(H,24,26)/t15-/m1/s1. The van der Waals surface area contributed by atoms with E-state index >= 15 is 0 Å². The average molecular weight is 441 g/mol. The quantitative estimate of drug-likeness (QED) is 0.698. The topological polar surface area (TPSA) is 49.4 Å². The lowest BCUT2D eigenvalue weighted by atomic mass is 10.1. The van der Waals surface area contributed by atoms with Crippen molar-refractivity contribution in [2.75, 3.05) is 16.8 Å². The van der Waals surface area contributed by atoms with Crippen molar-refractivity contribution < 1.29 is 22.8 Å². The molecule has 1 fully saturated rings. The van der Waals surface area contributed by atoms with Crippen LogP contribution in [-0.2, 0) is 15.8 Å². The van der Waals surface area contributed by atoms with Gasteiger partial charge in [0.15, 0.2) is 0 Å². The van der Waals surface area contributed by atoms with Crippen LogP contribution >= 0.6 is 15.9 Å². The number of hydrogen-bond donors (Lipinski definition) is 1. The number of alkyl halides is 3. The summed E-state index contributed by atoms with van der Waals surface area (Å²) in [6, 6.07) is 9.89. The van der Waals surface area contributed by atoms with Crippen LogP contribution in [0.4, 0.5) is 24.5 Å². The molecule has 1 saturated heterocycles. The zero-order valence-electron chi connectivity index (χ0n) is 14.3. The molecule has 0 spiro atoms. The van der Waals surface area contributed by atoms with E-state index < -0.39 is 23.6 Å². The largest absolute Gasteiger partial charge is 0.416 e. The van der Waals surface area contributed by atoms with Gasteiger partial charge in [-0.15, -0.1) is 0 Å². The molecular weight excluding hydrogens is 425 g/mol. The second-order valence-electron chi connectivity index (χ2n) is 6.33. The number of amides is 2. The molecule has 1 atom stereocenters. The number of hydrogen-bond acceptors (Lipinski definition) is 2. The van der Waals surface area contributed by atoms with Crippen molar-refractivity contribution in [2.45, 2.75) is 19.5 Å². The maximum Gasteiger partial charge on any atom is 0.416 e. The van der Waals surface area contributed by atoms with Gasteiger partial charge in [-0.1, -0.05) is 28.1 Å². The lowest BCUT2D eigenvalue weighted by molar-refractivity contribution is -0.137. The Hall–Kier alpha value is -2.35. The third-order valence-corrected chi connectivity index (χ3v) is 4.93. The fourth-order valence-electron chi connectivity index (χ4n) is 3.04.